The first kappa shape index (κ1) is 15.9. The van der Waals surface area contributed by atoms with Crippen molar-refractivity contribution in [3.8, 4) is 0 Å². The fourth-order valence-corrected chi connectivity index (χ4v) is 5.55. The second-order valence-electron chi connectivity index (χ2n) is 4.25. The van der Waals surface area contributed by atoms with Crippen molar-refractivity contribution in [2.45, 2.75) is 5.21 Å². The Bertz CT molecular complexity index is 704. The van der Waals surface area contributed by atoms with E-state index in [4.69, 9.17) is 0 Å². The summed E-state index contributed by atoms with van der Waals surface area (Å²) in [6, 6.07) is 16.9. The molecule has 7 heteroatoms. The van der Waals surface area contributed by atoms with Gasteiger partial charge in [-0.05, 0) is 0 Å². The van der Waals surface area contributed by atoms with E-state index in [9.17, 15) is 12.3 Å². The molecule has 0 aliphatic carbocycles. The van der Waals surface area contributed by atoms with Crippen LogP contribution in [0.3, 0.4) is 0 Å². The third-order valence-electron chi connectivity index (χ3n) is 2.58. The number of azo groups is 1. The van der Waals surface area contributed by atoms with Crippen molar-refractivity contribution in [2.75, 3.05) is 5.75 Å². The van der Waals surface area contributed by atoms with Crippen LogP contribution in [0.4, 0.5) is 15.3 Å². The molecule has 0 saturated heterocycles. The van der Waals surface area contributed by atoms with Gasteiger partial charge < -0.3 is 0 Å². The second kappa shape index (κ2) is 7.48. The third-order valence-corrected chi connectivity index (χ3v) is 6.64. The van der Waals surface area contributed by atoms with Crippen LogP contribution in [0.15, 0.2) is 64.8 Å². The van der Waals surface area contributed by atoms with Crippen molar-refractivity contribution in [1.82, 2.24) is 0 Å². The molecule has 0 aromatic heterocycles. The Morgan fingerprint density at radius 2 is 1.48 bits per heavy atom. The fourth-order valence-electron chi connectivity index (χ4n) is 1.57. The summed E-state index contributed by atoms with van der Waals surface area (Å²) in [6.45, 7) is 0. The van der Waals surface area contributed by atoms with Gasteiger partial charge >= 0.3 is 130 Å². The van der Waals surface area contributed by atoms with Crippen molar-refractivity contribution >= 4 is 41.7 Å². The number of rotatable bonds is 6. The molecule has 2 aromatic rings. The molecule has 0 aliphatic heterocycles. The van der Waals surface area contributed by atoms with Crippen LogP contribution >= 0.6 is 0 Å². The van der Waals surface area contributed by atoms with Gasteiger partial charge in [0.05, 0.1) is 0 Å². The average molecular weight is 368 g/mol. The number of hydrogen-bond donors (Lipinski definition) is 0. The van der Waals surface area contributed by atoms with E-state index < -0.39 is 26.0 Å². The summed E-state index contributed by atoms with van der Waals surface area (Å²) in [5.41, 5.74) is 1.51. The van der Waals surface area contributed by atoms with Crippen molar-refractivity contribution in [2.24, 2.45) is 10.2 Å². The van der Waals surface area contributed by atoms with Crippen molar-refractivity contribution in [1.29, 1.82) is 0 Å². The minimum absolute atomic E-state index is 0.386. The molecule has 0 fully saturated rings. The molecule has 2 aromatic carbocycles. The van der Waals surface area contributed by atoms with Crippen molar-refractivity contribution in [3.63, 3.8) is 0 Å². The summed E-state index contributed by atoms with van der Waals surface area (Å²) in [5.74, 6) is -0.386. The summed E-state index contributed by atoms with van der Waals surface area (Å²) in [6.07, 6.45) is 0. The van der Waals surface area contributed by atoms with Gasteiger partial charge in [0.2, 0.25) is 0 Å². The molecule has 0 saturated carbocycles. The molecule has 21 heavy (non-hydrogen) atoms. The molecule has 0 spiro atoms. The number of benzene rings is 2. The maximum absolute atomic E-state index is 12.4. The Kier molecular flexibility index (Phi) is 5.65. The minimum atomic E-state index is -4.34. The molecule has 0 amide bonds. The van der Waals surface area contributed by atoms with E-state index in [0.717, 1.165) is 15.7 Å². The van der Waals surface area contributed by atoms with E-state index in [0.29, 0.717) is 5.21 Å². The van der Waals surface area contributed by atoms with Crippen LogP contribution in [0.25, 0.3) is 0 Å². The average Bonchev–Trinajstić information content (AvgIpc) is 2.46. The molecule has 0 aliphatic rings. The van der Waals surface area contributed by atoms with Gasteiger partial charge in [-0.15, -0.1) is 0 Å². The van der Waals surface area contributed by atoms with Gasteiger partial charge in [0.15, 0.2) is 0 Å². The zero-order valence-electron chi connectivity index (χ0n) is 11.1. The number of hydrogen-bond acceptors (Lipinski definition) is 4. The molecule has 0 radical (unpaired) electrons. The predicted octanol–water partition coefficient (Wildman–Crippen LogP) is 2.88. The van der Waals surface area contributed by atoms with Crippen LogP contribution in [-0.2, 0) is 10.2 Å². The summed E-state index contributed by atoms with van der Waals surface area (Å²) in [5, 5.41) is 8.62. The van der Waals surface area contributed by atoms with E-state index >= 15 is 0 Å². The normalized spacial score (nSPS) is 12.4. The predicted molar refractivity (Wildman–Crippen MR) is 83.5 cm³/mol. The van der Waals surface area contributed by atoms with Gasteiger partial charge in [-0.1, -0.05) is 0 Å². The van der Waals surface area contributed by atoms with E-state index in [1.54, 1.807) is 0 Å². The summed E-state index contributed by atoms with van der Waals surface area (Å²) in [7, 11) is -4.34. The molecular weight excluding hydrogens is 354 g/mol. The van der Waals surface area contributed by atoms with Gasteiger partial charge in [-0.3, -0.25) is 0 Å². The Balaban J connectivity index is 1.91. The van der Waals surface area contributed by atoms with E-state index in [-0.39, 0.29) is 5.75 Å². The molecule has 1 atom stereocenters. The fraction of sp³-hybridized carbons (Fsp3) is 0.143. The zero-order chi connectivity index (χ0) is 15.1. The zero-order valence-corrected chi connectivity index (χ0v) is 14.0. The van der Waals surface area contributed by atoms with Crippen LogP contribution in [0.1, 0.15) is 0 Å². The standard InChI is InChI=1S/C14H14AsFN2O2S/c16-21(19,20)11-10-15-12-6-8-14(9-7-12)18-17-13-4-2-1-3-5-13/h1-9,15H,10-11H2. The molecule has 110 valence electrons. The maximum atomic E-state index is 12.4. The Hall–Kier alpha value is -1.52. The number of nitrogens with zero attached hydrogens (tertiary/aromatic N) is 2. The summed E-state index contributed by atoms with van der Waals surface area (Å²) < 4.78 is 34.3. The van der Waals surface area contributed by atoms with Gasteiger partial charge in [0.25, 0.3) is 0 Å². The van der Waals surface area contributed by atoms with Gasteiger partial charge in [0.1, 0.15) is 0 Å². The second-order valence-corrected chi connectivity index (χ2v) is 8.74. The molecule has 0 N–H and O–H groups in total. The Morgan fingerprint density at radius 1 is 0.905 bits per heavy atom. The van der Waals surface area contributed by atoms with E-state index in [1.807, 2.05) is 54.6 Å². The molecule has 0 bridgehead atoms. The van der Waals surface area contributed by atoms with Crippen molar-refractivity contribution in [3.05, 3.63) is 54.6 Å². The molecule has 1 unspecified atom stereocenters. The monoisotopic (exact) mass is 368 g/mol. The topological polar surface area (TPSA) is 58.9 Å². The van der Waals surface area contributed by atoms with Crippen molar-refractivity contribution < 1.29 is 12.3 Å². The first-order valence-electron chi connectivity index (χ1n) is 6.26. The Labute approximate surface area is 130 Å². The molecule has 2 rings (SSSR count). The van der Waals surface area contributed by atoms with Gasteiger partial charge in [0, 0.05) is 0 Å². The van der Waals surface area contributed by atoms with Crippen LogP contribution in [-0.4, -0.2) is 29.9 Å². The van der Waals surface area contributed by atoms with E-state index in [2.05, 4.69) is 10.2 Å². The SMILES string of the molecule is O=S(=O)(F)CC[AsH]c1ccc(N=Nc2ccccc2)cc1. The van der Waals surface area contributed by atoms with Crippen LogP contribution in [0, 0.1) is 0 Å². The third kappa shape index (κ3) is 6.19. The Morgan fingerprint density at radius 3 is 2.05 bits per heavy atom. The molecule has 0 heterocycles. The summed E-state index contributed by atoms with van der Waals surface area (Å²) >= 11 is -0.636. The molecule has 4 nitrogen and oxygen atoms in total. The van der Waals surface area contributed by atoms with E-state index in [1.165, 1.54) is 0 Å². The quantitative estimate of drug-likeness (QED) is 0.447. The first-order valence-corrected chi connectivity index (χ1v) is 10.3. The van der Waals surface area contributed by atoms with Crippen LogP contribution < -0.4 is 4.35 Å². The summed E-state index contributed by atoms with van der Waals surface area (Å²) in [4.78, 5) is 0. The van der Waals surface area contributed by atoms with Gasteiger partial charge in [-0.25, -0.2) is 0 Å². The van der Waals surface area contributed by atoms with Crippen LogP contribution in [0.2, 0.25) is 5.21 Å². The van der Waals surface area contributed by atoms with Gasteiger partial charge in [-0.2, -0.15) is 0 Å². The first-order chi connectivity index (χ1) is 10.0. The van der Waals surface area contributed by atoms with Crippen LogP contribution in [0.5, 0.6) is 0 Å². The molecular formula is C14H14AsFN2O2S. The number of halogens is 1.